The van der Waals surface area contributed by atoms with Crippen molar-refractivity contribution in [1.82, 2.24) is 4.98 Å². The van der Waals surface area contributed by atoms with Crippen molar-refractivity contribution in [2.24, 2.45) is 5.73 Å². The smallest absolute Gasteiger partial charge is 0.0961 e. The molecule has 2 nitrogen and oxygen atoms in total. The molecule has 2 aromatic rings. The lowest BCUT2D eigenvalue weighted by Gasteiger charge is -2.14. The lowest BCUT2D eigenvalue weighted by molar-refractivity contribution is 0.821. The van der Waals surface area contributed by atoms with Gasteiger partial charge in [-0.05, 0) is 37.1 Å². The molecule has 2 rings (SSSR count). The van der Waals surface area contributed by atoms with Gasteiger partial charge in [0.25, 0.3) is 0 Å². The van der Waals surface area contributed by atoms with Gasteiger partial charge in [0.05, 0.1) is 10.0 Å². The molecule has 19 heavy (non-hydrogen) atoms. The van der Waals surface area contributed by atoms with E-state index >= 15 is 0 Å². The number of halogens is 1. The first kappa shape index (κ1) is 14.4. The van der Waals surface area contributed by atoms with E-state index in [0.29, 0.717) is 5.02 Å². The van der Waals surface area contributed by atoms with Crippen molar-refractivity contribution in [2.75, 3.05) is 5.75 Å². The minimum absolute atomic E-state index is 0.0167. The highest BCUT2D eigenvalue weighted by atomic mass is 35.5. The number of pyridine rings is 1. The number of rotatable bonds is 4. The summed E-state index contributed by atoms with van der Waals surface area (Å²) in [4.78, 5) is 4.26. The molecule has 0 bridgehead atoms. The molecule has 0 fully saturated rings. The van der Waals surface area contributed by atoms with Crippen LogP contribution in [0.1, 0.15) is 22.7 Å². The van der Waals surface area contributed by atoms with Crippen molar-refractivity contribution in [1.29, 1.82) is 0 Å². The molecule has 0 radical (unpaired) electrons. The van der Waals surface area contributed by atoms with E-state index in [4.69, 9.17) is 17.3 Å². The summed E-state index contributed by atoms with van der Waals surface area (Å²) >= 11 is 7.46. The average Bonchev–Trinajstić information content (AvgIpc) is 2.37. The summed E-state index contributed by atoms with van der Waals surface area (Å²) in [5.41, 5.74) is 9.96. The van der Waals surface area contributed by atoms with Crippen molar-refractivity contribution < 1.29 is 0 Å². The minimum atomic E-state index is 0.0167. The van der Waals surface area contributed by atoms with E-state index in [2.05, 4.69) is 37.0 Å². The molecule has 0 aliphatic carbocycles. The van der Waals surface area contributed by atoms with Crippen LogP contribution in [0.4, 0.5) is 0 Å². The molecule has 2 N–H and O–H groups in total. The predicted molar refractivity (Wildman–Crippen MR) is 82.8 cm³/mol. The molecule has 0 spiro atoms. The second kappa shape index (κ2) is 6.42. The lowest BCUT2D eigenvalue weighted by atomic mass is 10.0. The van der Waals surface area contributed by atoms with Crippen LogP contribution in [0.3, 0.4) is 0 Å². The van der Waals surface area contributed by atoms with Gasteiger partial charge in [0.1, 0.15) is 0 Å². The van der Waals surface area contributed by atoms with Gasteiger partial charge in [-0.25, -0.2) is 4.98 Å². The molecule has 100 valence electrons. The van der Waals surface area contributed by atoms with Crippen molar-refractivity contribution in [2.45, 2.75) is 24.9 Å². The molecule has 0 saturated heterocycles. The van der Waals surface area contributed by atoms with Crippen molar-refractivity contribution in [3.8, 4) is 0 Å². The predicted octanol–water partition coefficient (Wildman–Crippen LogP) is 4.14. The number of nitrogens with two attached hydrogens (primary N) is 1. The Morgan fingerprint density at radius 1 is 1.26 bits per heavy atom. The standard InChI is InChI=1S/C15H17ClN2S/c1-10-3-5-13(11(2)7-10)14(17)9-19-15-6-4-12(16)8-18-15/h3-8,14H,9,17H2,1-2H3. The quantitative estimate of drug-likeness (QED) is 0.861. The highest BCUT2D eigenvalue weighted by Crippen LogP contribution is 2.24. The van der Waals surface area contributed by atoms with Crippen LogP contribution in [0.25, 0.3) is 0 Å². The van der Waals surface area contributed by atoms with Gasteiger partial charge in [0, 0.05) is 18.0 Å². The van der Waals surface area contributed by atoms with Crippen LogP contribution < -0.4 is 5.73 Å². The minimum Gasteiger partial charge on any atom is -0.323 e. The van der Waals surface area contributed by atoms with Crippen LogP contribution in [0.15, 0.2) is 41.6 Å². The fraction of sp³-hybridized carbons (Fsp3) is 0.267. The summed E-state index contributed by atoms with van der Waals surface area (Å²) in [5.74, 6) is 0.804. The summed E-state index contributed by atoms with van der Waals surface area (Å²) in [5, 5.41) is 1.60. The highest BCUT2D eigenvalue weighted by molar-refractivity contribution is 7.99. The van der Waals surface area contributed by atoms with Gasteiger partial charge < -0.3 is 5.73 Å². The molecule has 1 atom stereocenters. The summed E-state index contributed by atoms with van der Waals surface area (Å²) in [6.07, 6.45) is 1.66. The Kier molecular flexibility index (Phi) is 4.86. The Morgan fingerprint density at radius 3 is 2.68 bits per heavy atom. The molecular weight excluding hydrogens is 276 g/mol. The first-order valence-corrected chi connectivity index (χ1v) is 7.49. The van der Waals surface area contributed by atoms with Gasteiger partial charge >= 0.3 is 0 Å². The molecule has 0 aliphatic heterocycles. The average molecular weight is 293 g/mol. The first-order chi connectivity index (χ1) is 9.06. The van der Waals surface area contributed by atoms with E-state index < -0.39 is 0 Å². The Hall–Kier alpha value is -1.03. The van der Waals surface area contributed by atoms with E-state index in [0.717, 1.165) is 10.8 Å². The third-order valence-corrected chi connectivity index (χ3v) is 4.22. The number of aromatic nitrogens is 1. The van der Waals surface area contributed by atoms with Crippen LogP contribution in [-0.4, -0.2) is 10.7 Å². The monoisotopic (exact) mass is 292 g/mol. The Balaban J connectivity index is 2.01. The Bertz CT molecular complexity index is 555. The van der Waals surface area contributed by atoms with Gasteiger partial charge in [-0.3, -0.25) is 0 Å². The van der Waals surface area contributed by atoms with Crippen LogP contribution in [-0.2, 0) is 0 Å². The normalized spacial score (nSPS) is 12.4. The SMILES string of the molecule is Cc1ccc(C(N)CSc2ccc(Cl)cn2)c(C)c1. The maximum Gasteiger partial charge on any atom is 0.0961 e. The number of benzene rings is 1. The van der Waals surface area contributed by atoms with E-state index in [1.165, 1.54) is 16.7 Å². The Morgan fingerprint density at radius 2 is 2.05 bits per heavy atom. The second-order valence-corrected chi connectivity index (χ2v) is 6.07. The van der Waals surface area contributed by atoms with Gasteiger partial charge in [-0.2, -0.15) is 0 Å². The zero-order valence-electron chi connectivity index (χ0n) is 11.1. The van der Waals surface area contributed by atoms with E-state index in [1.54, 1.807) is 18.0 Å². The molecule has 0 aliphatic rings. The van der Waals surface area contributed by atoms with E-state index in [1.807, 2.05) is 12.1 Å². The van der Waals surface area contributed by atoms with Crippen LogP contribution >= 0.6 is 23.4 Å². The molecule has 1 aromatic carbocycles. The van der Waals surface area contributed by atoms with E-state index in [9.17, 15) is 0 Å². The molecule has 0 saturated carbocycles. The summed E-state index contributed by atoms with van der Waals surface area (Å²) in [7, 11) is 0. The Labute approximate surface area is 123 Å². The first-order valence-electron chi connectivity index (χ1n) is 6.13. The number of hydrogen-bond donors (Lipinski definition) is 1. The van der Waals surface area contributed by atoms with Crippen molar-refractivity contribution in [3.05, 3.63) is 58.2 Å². The maximum absolute atomic E-state index is 6.25. The molecule has 4 heteroatoms. The number of aryl methyl sites for hydroxylation is 2. The third-order valence-electron chi connectivity index (χ3n) is 2.94. The maximum atomic E-state index is 6.25. The highest BCUT2D eigenvalue weighted by Gasteiger charge is 2.10. The van der Waals surface area contributed by atoms with Crippen LogP contribution in [0.2, 0.25) is 5.02 Å². The van der Waals surface area contributed by atoms with E-state index in [-0.39, 0.29) is 6.04 Å². The summed E-state index contributed by atoms with van der Waals surface area (Å²) in [6.45, 7) is 4.20. The van der Waals surface area contributed by atoms with Gasteiger partial charge in [-0.15, -0.1) is 11.8 Å². The fourth-order valence-electron chi connectivity index (χ4n) is 1.95. The lowest BCUT2D eigenvalue weighted by Crippen LogP contribution is -2.14. The fourth-order valence-corrected chi connectivity index (χ4v) is 2.89. The zero-order valence-corrected chi connectivity index (χ0v) is 12.6. The topological polar surface area (TPSA) is 38.9 Å². The largest absolute Gasteiger partial charge is 0.323 e. The number of nitrogens with zero attached hydrogens (tertiary/aromatic N) is 1. The zero-order chi connectivity index (χ0) is 13.8. The summed E-state index contributed by atoms with van der Waals surface area (Å²) in [6, 6.07) is 10.2. The van der Waals surface area contributed by atoms with Crippen molar-refractivity contribution in [3.63, 3.8) is 0 Å². The molecular formula is C15H17ClN2S. The van der Waals surface area contributed by atoms with Gasteiger partial charge in [0.15, 0.2) is 0 Å². The number of hydrogen-bond acceptors (Lipinski definition) is 3. The van der Waals surface area contributed by atoms with Gasteiger partial charge in [-0.1, -0.05) is 35.4 Å². The van der Waals surface area contributed by atoms with Crippen LogP contribution in [0, 0.1) is 13.8 Å². The number of thioether (sulfide) groups is 1. The third kappa shape index (κ3) is 3.96. The second-order valence-electron chi connectivity index (χ2n) is 4.59. The molecule has 0 amide bonds. The molecule has 1 unspecified atom stereocenters. The van der Waals surface area contributed by atoms with Crippen molar-refractivity contribution >= 4 is 23.4 Å². The van der Waals surface area contributed by atoms with Gasteiger partial charge in [0.2, 0.25) is 0 Å². The van der Waals surface area contributed by atoms with Crippen LogP contribution in [0.5, 0.6) is 0 Å². The molecule has 1 heterocycles. The summed E-state index contributed by atoms with van der Waals surface area (Å²) < 4.78 is 0. The molecule has 1 aromatic heterocycles.